The molecule has 2 N–H and O–H groups in total. The van der Waals surface area contributed by atoms with Crippen LogP contribution in [0.15, 0.2) is 29.2 Å². The van der Waals surface area contributed by atoms with E-state index in [1.807, 2.05) is 0 Å². The Morgan fingerprint density at radius 1 is 0.893 bits per heavy atom. The second-order valence-corrected chi connectivity index (χ2v) is 11.7. The van der Waals surface area contributed by atoms with Crippen molar-refractivity contribution in [2.75, 3.05) is 31.5 Å². The lowest BCUT2D eigenvalue weighted by molar-refractivity contribution is 0.346. The van der Waals surface area contributed by atoms with Gasteiger partial charge in [-0.15, -0.1) is 0 Å². The molecule has 0 aliphatic carbocycles. The van der Waals surface area contributed by atoms with Crippen molar-refractivity contribution in [3.63, 3.8) is 0 Å². The van der Waals surface area contributed by atoms with Gasteiger partial charge in [0.2, 0.25) is 20.0 Å². The molecule has 0 radical (unpaired) electrons. The van der Waals surface area contributed by atoms with E-state index in [-0.39, 0.29) is 0 Å². The maximum Gasteiger partial charge on any atom is 0.243 e. The minimum atomic E-state index is -3.38. The molecule has 1 aliphatic heterocycles. The van der Waals surface area contributed by atoms with Crippen molar-refractivity contribution >= 4 is 25.7 Å². The van der Waals surface area contributed by atoms with Gasteiger partial charge in [-0.1, -0.05) is 12.8 Å². The molecule has 160 valence electrons. The van der Waals surface area contributed by atoms with Crippen molar-refractivity contribution < 1.29 is 16.8 Å². The molecule has 1 aromatic rings. The third kappa shape index (κ3) is 6.72. The molecule has 0 amide bonds. The summed E-state index contributed by atoms with van der Waals surface area (Å²) in [7, 11) is -6.56. The van der Waals surface area contributed by atoms with Crippen LogP contribution in [0.25, 0.3) is 0 Å². The van der Waals surface area contributed by atoms with Crippen molar-refractivity contribution in [3.05, 3.63) is 24.3 Å². The quantitative estimate of drug-likeness (QED) is 0.525. The molecule has 1 aromatic carbocycles. The van der Waals surface area contributed by atoms with Crippen LogP contribution in [0.4, 0.5) is 5.69 Å². The molecule has 1 saturated heterocycles. The standard InChI is InChI=1S/C19H33N3O4S2/c1-17(2)27(23,24)21-14-6-3-5-13-20-18-9-11-19(12-10-18)28(25,26)22-15-7-4-8-16-22/h9-12,17,20-21H,3-8,13-16H2,1-2H3. The van der Waals surface area contributed by atoms with Gasteiger partial charge in [0.05, 0.1) is 10.1 Å². The molecule has 1 aliphatic rings. The zero-order valence-electron chi connectivity index (χ0n) is 16.9. The highest BCUT2D eigenvalue weighted by molar-refractivity contribution is 7.90. The van der Waals surface area contributed by atoms with E-state index in [2.05, 4.69) is 10.0 Å². The summed E-state index contributed by atoms with van der Waals surface area (Å²) in [6.45, 7) is 5.76. The van der Waals surface area contributed by atoms with Crippen LogP contribution in [-0.2, 0) is 20.0 Å². The number of benzene rings is 1. The number of nitrogens with zero attached hydrogens (tertiary/aromatic N) is 1. The third-order valence-electron chi connectivity index (χ3n) is 4.91. The summed E-state index contributed by atoms with van der Waals surface area (Å²) in [5.41, 5.74) is 0.887. The molecule has 0 unspecified atom stereocenters. The van der Waals surface area contributed by atoms with Crippen LogP contribution in [0.3, 0.4) is 0 Å². The fourth-order valence-electron chi connectivity index (χ4n) is 3.04. The van der Waals surface area contributed by atoms with Gasteiger partial charge in [0, 0.05) is 31.9 Å². The number of nitrogens with one attached hydrogen (secondary N) is 2. The predicted octanol–water partition coefficient (Wildman–Crippen LogP) is 2.77. The molecule has 1 fully saturated rings. The number of hydrogen-bond acceptors (Lipinski definition) is 5. The van der Waals surface area contributed by atoms with E-state index >= 15 is 0 Å². The normalized spacial score (nSPS) is 16.4. The number of anilines is 1. The average Bonchev–Trinajstić information content (AvgIpc) is 2.68. The summed E-state index contributed by atoms with van der Waals surface area (Å²) >= 11 is 0. The van der Waals surface area contributed by atoms with E-state index in [4.69, 9.17) is 0 Å². The van der Waals surface area contributed by atoms with Crippen molar-refractivity contribution in [1.29, 1.82) is 0 Å². The van der Waals surface area contributed by atoms with Crippen LogP contribution in [0.5, 0.6) is 0 Å². The summed E-state index contributed by atoms with van der Waals surface area (Å²) in [6.07, 6.45) is 5.57. The lowest BCUT2D eigenvalue weighted by atomic mass is 10.2. The van der Waals surface area contributed by atoms with E-state index in [0.717, 1.165) is 50.8 Å². The maximum atomic E-state index is 12.6. The fraction of sp³-hybridized carbons (Fsp3) is 0.684. The van der Waals surface area contributed by atoms with Crippen LogP contribution in [0, 0.1) is 0 Å². The zero-order valence-corrected chi connectivity index (χ0v) is 18.5. The van der Waals surface area contributed by atoms with Crippen LogP contribution in [0.2, 0.25) is 0 Å². The third-order valence-corrected chi connectivity index (χ3v) is 8.67. The highest BCUT2D eigenvalue weighted by Crippen LogP contribution is 2.22. The zero-order chi connectivity index (χ0) is 20.6. The van der Waals surface area contributed by atoms with Gasteiger partial charge in [0.25, 0.3) is 0 Å². The van der Waals surface area contributed by atoms with Gasteiger partial charge < -0.3 is 5.32 Å². The summed E-state index contributed by atoms with van der Waals surface area (Å²) in [6, 6.07) is 6.92. The van der Waals surface area contributed by atoms with E-state index in [0.29, 0.717) is 24.5 Å². The Morgan fingerprint density at radius 2 is 1.50 bits per heavy atom. The second kappa shape index (κ2) is 10.6. The summed E-state index contributed by atoms with van der Waals surface area (Å²) in [4.78, 5) is 0.345. The minimum Gasteiger partial charge on any atom is -0.385 e. The minimum absolute atomic E-state index is 0.345. The summed E-state index contributed by atoms with van der Waals surface area (Å²) < 4.78 is 52.7. The predicted molar refractivity (Wildman–Crippen MR) is 113 cm³/mol. The Balaban J connectivity index is 1.70. The van der Waals surface area contributed by atoms with Crippen molar-refractivity contribution in [2.24, 2.45) is 0 Å². The maximum absolute atomic E-state index is 12.6. The lowest BCUT2D eigenvalue weighted by Gasteiger charge is -2.25. The monoisotopic (exact) mass is 431 g/mol. The molecular formula is C19H33N3O4S2. The second-order valence-electron chi connectivity index (χ2n) is 7.46. The van der Waals surface area contributed by atoms with Crippen molar-refractivity contribution in [1.82, 2.24) is 9.03 Å². The first-order valence-electron chi connectivity index (χ1n) is 10.1. The van der Waals surface area contributed by atoms with E-state index < -0.39 is 25.3 Å². The van der Waals surface area contributed by atoms with Gasteiger partial charge in [0.1, 0.15) is 0 Å². The molecule has 9 heteroatoms. The van der Waals surface area contributed by atoms with Gasteiger partial charge in [-0.2, -0.15) is 4.31 Å². The molecule has 28 heavy (non-hydrogen) atoms. The molecule has 0 atom stereocenters. The summed E-state index contributed by atoms with van der Waals surface area (Å²) in [5, 5.41) is 2.87. The number of piperidine rings is 1. The Morgan fingerprint density at radius 3 is 2.11 bits per heavy atom. The van der Waals surface area contributed by atoms with Crippen LogP contribution < -0.4 is 10.0 Å². The van der Waals surface area contributed by atoms with Crippen LogP contribution in [-0.4, -0.2) is 52.6 Å². The number of unbranched alkanes of at least 4 members (excludes halogenated alkanes) is 2. The van der Waals surface area contributed by atoms with Crippen LogP contribution >= 0.6 is 0 Å². The topological polar surface area (TPSA) is 95.6 Å². The van der Waals surface area contributed by atoms with Gasteiger partial charge in [-0.05, 0) is 63.8 Å². The van der Waals surface area contributed by atoms with Gasteiger partial charge in [-0.25, -0.2) is 21.6 Å². The number of hydrogen-bond donors (Lipinski definition) is 2. The Hall–Kier alpha value is -1.16. The largest absolute Gasteiger partial charge is 0.385 e. The lowest BCUT2D eigenvalue weighted by Crippen LogP contribution is -2.35. The van der Waals surface area contributed by atoms with Gasteiger partial charge >= 0.3 is 0 Å². The van der Waals surface area contributed by atoms with Gasteiger partial charge in [-0.3, -0.25) is 0 Å². The van der Waals surface area contributed by atoms with Crippen molar-refractivity contribution in [3.8, 4) is 0 Å². The fourth-order valence-corrected chi connectivity index (χ4v) is 5.32. The molecule has 0 aromatic heterocycles. The first-order chi connectivity index (χ1) is 13.2. The molecular weight excluding hydrogens is 398 g/mol. The molecule has 0 bridgehead atoms. The molecule has 7 nitrogen and oxygen atoms in total. The molecule has 0 spiro atoms. The van der Waals surface area contributed by atoms with Crippen molar-refractivity contribution in [2.45, 2.75) is 62.5 Å². The molecule has 1 heterocycles. The number of sulfonamides is 2. The Labute approximate surface area is 170 Å². The molecule has 2 rings (SSSR count). The van der Waals surface area contributed by atoms with Crippen LogP contribution in [0.1, 0.15) is 52.4 Å². The highest BCUT2D eigenvalue weighted by atomic mass is 32.2. The van der Waals surface area contributed by atoms with E-state index in [1.54, 1.807) is 42.4 Å². The van der Waals surface area contributed by atoms with E-state index in [9.17, 15) is 16.8 Å². The van der Waals surface area contributed by atoms with Gasteiger partial charge in [0.15, 0.2) is 0 Å². The number of rotatable bonds is 11. The average molecular weight is 432 g/mol. The first kappa shape index (κ1) is 23.1. The first-order valence-corrected chi connectivity index (χ1v) is 13.0. The smallest absolute Gasteiger partial charge is 0.243 e. The summed E-state index contributed by atoms with van der Waals surface area (Å²) in [5.74, 6) is 0. The molecule has 0 saturated carbocycles. The SMILES string of the molecule is CC(C)S(=O)(=O)NCCCCCNc1ccc(S(=O)(=O)N2CCCCC2)cc1. The Bertz CT molecular complexity index is 800. The highest BCUT2D eigenvalue weighted by Gasteiger charge is 2.25. The Kier molecular flexibility index (Phi) is 8.73. The van der Waals surface area contributed by atoms with E-state index in [1.165, 1.54) is 0 Å².